The molecule has 0 aliphatic carbocycles. The molecule has 8 heterocycles. The summed E-state index contributed by atoms with van der Waals surface area (Å²) < 4.78 is 0. The van der Waals surface area contributed by atoms with Crippen molar-refractivity contribution in [3.05, 3.63) is 0 Å². The number of nitrogens with zero attached hydrogens (tertiary/aromatic N) is 6. The molecule has 0 aromatic heterocycles. The highest BCUT2D eigenvalue weighted by Crippen LogP contribution is 2.43. The van der Waals surface area contributed by atoms with Crippen molar-refractivity contribution in [2.75, 3.05) is 78.5 Å². The molecule has 0 spiro atoms. The van der Waals surface area contributed by atoms with Crippen molar-refractivity contribution in [2.45, 2.75) is 26.7 Å². The maximum absolute atomic E-state index is 5.19. The van der Waals surface area contributed by atoms with Crippen LogP contribution in [0.15, 0.2) is 10.2 Å². The summed E-state index contributed by atoms with van der Waals surface area (Å²) in [4.78, 5) is 10.8. The fraction of sp³-hybridized carbons (Fsp3) is 0.909. The quantitative estimate of drug-likeness (QED) is 0.683. The third kappa shape index (κ3) is 2.54. The van der Waals surface area contributed by atoms with Gasteiger partial charge in [0.15, 0.2) is 0 Å². The molecule has 0 N–H and O–H groups in total. The van der Waals surface area contributed by atoms with Gasteiger partial charge in [0.2, 0.25) is 0 Å². The van der Waals surface area contributed by atoms with Gasteiger partial charge in [0.1, 0.15) is 0 Å². The highest BCUT2D eigenvalue weighted by molar-refractivity contribution is 5.98. The SMILES string of the molecule is CCC12CN3CCN(CC(C3)C1=NN=C1C3CN4CCN(C3)CC1(CC)C4)C2. The van der Waals surface area contributed by atoms with Crippen LogP contribution in [-0.4, -0.2) is 110 Å². The van der Waals surface area contributed by atoms with Crippen LogP contribution in [0.5, 0.6) is 0 Å². The molecule has 8 aliphatic heterocycles. The van der Waals surface area contributed by atoms with E-state index in [9.17, 15) is 0 Å². The van der Waals surface area contributed by atoms with Gasteiger partial charge in [-0.2, -0.15) is 10.2 Å². The Balaban J connectivity index is 1.39. The smallest absolute Gasteiger partial charge is 0.0549 e. The Hall–Kier alpha value is -0.820. The second kappa shape index (κ2) is 6.34. The zero-order valence-electron chi connectivity index (χ0n) is 17.7. The van der Waals surface area contributed by atoms with E-state index in [2.05, 4.69) is 33.4 Å². The maximum atomic E-state index is 5.19. The summed E-state index contributed by atoms with van der Waals surface area (Å²) in [5.74, 6) is 1.19. The van der Waals surface area contributed by atoms with E-state index in [0.29, 0.717) is 11.8 Å². The highest BCUT2D eigenvalue weighted by Gasteiger charge is 2.53. The van der Waals surface area contributed by atoms with Crippen LogP contribution in [0.4, 0.5) is 0 Å². The monoisotopic (exact) mass is 384 g/mol. The van der Waals surface area contributed by atoms with Crippen molar-refractivity contribution >= 4 is 11.4 Å². The first-order chi connectivity index (χ1) is 13.6. The van der Waals surface area contributed by atoms with Crippen LogP contribution in [0, 0.1) is 22.7 Å². The lowest BCUT2D eigenvalue weighted by Gasteiger charge is -2.51. The number of rotatable bonds is 3. The van der Waals surface area contributed by atoms with Crippen LogP contribution in [-0.2, 0) is 0 Å². The molecule has 8 saturated heterocycles. The van der Waals surface area contributed by atoms with Gasteiger partial charge in [-0.1, -0.05) is 13.8 Å². The molecule has 8 fully saturated rings. The van der Waals surface area contributed by atoms with Crippen LogP contribution >= 0.6 is 0 Å². The fourth-order valence-electron chi connectivity index (χ4n) is 7.51. The summed E-state index contributed by atoms with van der Waals surface area (Å²) in [7, 11) is 0. The molecule has 8 aliphatic rings. The highest BCUT2D eigenvalue weighted by atomic mass is 15.3. The molecule has 8 bridgehead atoms. The van der Waals surface area contributed by atoms with Crippen LogP contribution in [0.25, 0.3) is 0 Å². The van der Waals surface area contributed by atoms with Gasteiger partial charge in [0.05, 0.1) is 11.4 Å². The summed E-state index contributed by atoms with van der Waals surface area (Å²) in [5.41, 5.74) is 3.40. The third-order valence-corrected chi connectivity index (χ3v) is 8.96. The lowest BCUT2D eigenvalue weighted by molar-refractivity contribution is 0.112. The molecule has 0 aromatic carbocycles. The Bertz CT molecular complexity index is 622. The van der Waals surface area contributed by atoms with Gasteiger partial charge >= 0.3 is 0 Å². The average Bonchev–Trinajstić information content (AvgIpc) is 3.07. The number of hydrogen-bond acceptors (Lipinski definition) is 6. The van der Waals surface area contributed by atoms with E-state index >= 15 is 0 Å². The number of piperidine rings is 4. The molecule has 0 saturated carbocycles. The van der Waals surface area contributed by atoms with Crippen molar-refractivity contribution in [1.29, 1.82) is 0 Å². The van der Waals surface area contributed by atoms with E-state index in [-0.39, 0.29) is 10.8 Å². The largest absolute Gasteiger partial charge is 0.300 e. The Kier molecular flexibility index (Phi) is 4.07. The van der Waals surface area contributed by atoms with E-state index in [0.717, 1.165) is 0 Å². The summed E-state index contributed by atoms with van der Waals surface area (Å²) in [6.07, 6.45) is 2.40. The lowest BCUT2D eigenvalue weighted by Crippen LogP contribution is -2.62. The topological polar surface area (TPSA) is 37.7 Å². The van der Waals surface area contributed by atoms with Gasteiger partial charge in [-0.3, -0.25) is 0 Å². The van der Waals surface area contributed by atoms with Crippen LogP contribution in [0.1, 0.15) is 26.7 Å². The van der Waals surface area contributed by atoms with Gasteiger partial charge < -0.3 is 19.6 Å². The maximum Gasteiger partial charge on any atom is 0.0549 e. The van der Waals surface area contributed by atoms with Crippen molar-refractivity contribution in [3.8, 4) is 0 Å². The molecule has 0 aromatic rings. The molecule has 6 heteroatoms. The number of fused-ring (bicyclic) bond motifs is 2. The Morgan fingerprint density at radius 1 is 0.643 bits per heavy atom. The van der Waals surface area contributed by atoms with Crippen LogP contribution < -0.4 is 0 Å². The molecule has 4 unspecified atom stereocenters. The zero-order chi connectivity index (χ0) is 18.9. The first-order valence-corrected chi connectivity index (χ1v) is 11.7. The van der Waals surface area contributed by atoms with Gasteiger partial charge in [-0.15, -0.1) is 0 Å². The van der Waals surface area contributed by atoms with E-state index in [1.807, 2.05) is 0 Å². The minimum Gasteiger partial charge on any atom is -0.300 e. The summed E-state index contributed by atoms with van der Waals surface area (Å²) in [5, 5.41) is 10.4. The lowest BCUT2D eigenvalue weighted by atomic mass is 9.68. The zero-order valence-corrected chi connectivity index (χ0v) is 17.7. The van der Waals surface area contributed by atoms with Crippen LogP contribution in [0.2, 0.25) is 0 Å². The minimum absolute atomic E-state index is 0.247. The molecule has 8 rings (SSSR count). The predicted molar refractivity (Wildman–Crippen MR) is 113 cm³/mol. The second-order valence-corrected chi connectivity index (χ2v) is 10.6. The predicted octanol–water partition coefficient (Wildman–Crippen LogP) is 1.10. The molecule has 4 atom stereocenters. The molecule has 154 valence electrons. The van der Waals surface area contributed by atoms with Crippen molar-refractivity contribution in [1.82, 2.24) is 19.6 Å². The Labute approximate surface area is 169 Å². The van der Waals surface area contributed by atoms with E-state index < -0.39 is 0 Å². The molecule has 0 amide bonds. The van der Waals surface area contributed by atoms with E-state index in [1.165, 1.54) is 103 Å². The molecular formula is C22H36N6. The first kappa shape index (κ1) is 18.0. The van der Waals surface area contributed by atoms with Gasteiger partial charge in [-0.25, -0.2) is 0 Å². The van der Waals surface area contributed by atoms with Crippen molar-refractivity contribution < 1.29 is 0 Å². The van der Waals surface area contributed by atoms with Gasteiger partial charge in [-0.05, 0) is 12.8 Å². The molecule has 6 nitrogen and oxygen atoms in total. The normalized spacial score (nSPS) is 54.5. The van der Waals surface area contributed by atoms with Crippen LogP contribution in [0.3, 0.4) is 0 Å². The summed E-state index contributed by atoms with van der Waals surface area (Å²) in [6.45, 7) is 19.3. The van der Waals surface area contributed by atoms with Gasteiger partial charge in [0, 0.05) is 101 Å². The molecule has 0 radical (unpaired) electrons. The minimum atomic E-state index is 0.247. The van der Waals surface area contributed by atoms with E-state index in [1.54, 1.807) is 0 Å². The number of hydrogen-bond donors (Lipinski definition) is 0. The van der Waals surface area contributed by atoms with Crippen molar-refractivity contribution in [2.24, 2.45) is 32.9 Å². The molecule has 28 heavy (non-hydrogen) atoms. The van der Waals surface area contributed by atoms with Gasteiger partial charge in [0.25, 0.3) is 0 Å². The first-order valence-electron chi connectivity index (χ1n) is 11.7. The Morgan fingerprint density at radius 3 is 1.25 bits per heavy atom. The Morgan fingerprint density at radius 2 is 0.964 bits per heavy atom. The second-order valence-electron chi connectivity index (χ2n) is 10.6. The standard InChI is InChI=1S/C22H36N6/c1-3-21-13-25-5-6-26(14-21)10-17(9-25)19(21)23-24-20-18-11-27-7-8-28(12-18)16-22(20,4-2)15-27/h17-18H,3-16H2,1-2H3. The van der Waals surface area contributed by atoms with E-state index in [4.69, 9.17) is 10.2 Å². The summed E-state index contributed by atoms with van der Waals surface area (Å²) >= 11 is 0. The fourth-order valence-corrected chi connectivity index (χ4v) is 7.51. The van der Waals surface area contributed by atoms with Crippen molar-refractivity contribution in [3.63, 3.8) is 0 Å². The summed E-state index contributed by atoms with van der Waals surface area (Å²) in [6, 6.07) is 0. The average molecular weight is 385 g/mol. The third-order valence-electron chi connectivity index (χ3n) is 8.96. The molecular weight excluding hydrogens is 348 g/mol.